The molecule has 0 saturated carbocycles. The van der Waals surface area contributed by atoms with E-state index in [1.165, 1.54) is 42.4 Å². The maximum Gasteiger partial charge on any atom is 0.325 e. The van der Waals surface area contributed by atoms with E-state index in [-0.39, 0.29) is 43.1 Å². The second-order valence-corrected chi connectivity index (χ2v) is 9.11. The number of hydrogen-bond acceptors (Lipinski definition) is 4. The summed E-state index contributed by atoms with van der Waals surface area (Å²) in [7, 11) is 1.50. The van der Waals surface area contributed by atoms with Crippen molar-refractivity contribution in [2.75, 3.05) is 33.4 Å². The minimum absolute atomic E-state index is 0.129. The van der Waals surface area contributed by atoms with E-state index < -0.39 is 17.4 Å². The lowest BCUT2D eigenvalue weighted by atomic mass is 9.74. The first kappa shape index (κ1) is 25.5. The van der Waals surface area contributed by atoms with Crippen LogP contribution in [0.4, 0.5) is 13.6 Å². The Bertz CT molecular complexity index is 1150. The van der Waals surface area contributed by atoms with Gasteiger partial charge in [0.25, 0.3) is 5.91 Å². The molecular formula is C27H29F2N3O4. The summed E-state index contributed by atoms with van der Waals surface area (Å²) in [6, 6.07) is 11.6. The second-order valence-electron chi connectivity index (χ2n) is 9.11. The minimum Gasteiger partial charge on any atom is -0.383 e. The van der Waals surface area contributed by atoms with Crippen LogP contribution < -0.4 is 5.32 Å². The number of amides is 4. The van der Waals surface area contributed by atoms with Crippen LogP contribution in [0.15, 0.2) is 54.6 Å². The number of methoxy groups -OCH3 is 1. The van der Waals surface area contributed by atoms with Crippen LogP contribution >= 0.6 is 0 Å². The number of hydrogen-bond donors (Lipinski definition) is 1. The van der Waals surface area contributed by atoms with Crippen molar-refractivity contribution in [2.24, 2.45) is 5.92 Å². The summed E-state index contributed by atoms with van der Waals surface area (Å²) in [5, 5.41) is 2.93. The van der Waals surface area contributed by atoms with E-state index in [0.717, 1.165) is 5.56 Å². The summed E-state index contributed by atoms with van der Waals surface area (Å²) in [5.41, 5.74) is -0.139. The van der Waals surface area contributed by atoms with Crippen LogP contribution in [-0.4, -0.2) is 66.5 Å². The maximum atomic E-state index is 13.9. The third-order valence-corrected chi connectivity index (χ3v) is 6.93. The minimum atomic E-state index is -1.19. The van der Waals surface area contributed by atoms with E-state index in [1.807, 2.05) is 0 Å². The van der Waals surface area contributed by atoms with Crippen LogP contribution in [0.5, 0.6) is 0 Å². The van der Waals surface area contributed by atoms with Gasteiger partial charge in [-0.3, -0.25) is 14.5 Å². The Balaban J connectivity index is 1.50. The molecule has 2 aliphatic rings. The van der Waals surface area contributed by atoms with Crippen molar-refractivity contribution < 1.29 is 27.9 Å². The van der Waals surface area contributed by atoms with Crippen molar-refractivity contribution in [3.8, 4) is 0 Å². The van der Waals surface area contributed by atoms with Crippen LogP contribution in [0.1, 0.15) is 24.0 Å². The summed E-state index contributed by atoms with van der Waals surface area (Å²) in [6.07, 6.45) is 4.00. The molecule has 2 saturated heterocycles. The Morgan fingerprint density at radius 2 is 1.81 bits per heavy atom. The summed E-state index contributed by atoms with van der Waals surface area (Å²) in [4.78, 5) is 41.9. The fraction of sp³-hybridized carbons (Fsp3) is 0.370. The van der Waals surface area contributed by atoms with Gasteiger partial charge in [-0.15, -0.1) is 0 Å². The zero-order valence-electron chi connectivity index (χ0n) is 20.1. The molecule has 7 nitrogen and oxygen atoms in total. The van der Waals surface area contributed by atoms with Crippen molar-refractivity contribution in [3.05, 3.63) is 77.4 Å². The molecule has 4 amide bonds. The Hall–Kier alpha value is -3.59. The van der Waals surface area contributed by atoms with E-state index in [0.29, 0.717) is 31.5 Å². The molecule has 0 aromatic heterocycles. The molecule has 1 atom stereocenters. The highest BCUT2D eigenvalue weighted by atomic mass is 19.1. The highest BCUT2D eigenvalue weighted by molar-refractivity contribution is 6.07. The third kappa shape index (κ3) is 5.31. The number of benzene rings is 2. The molecule has 0 bridgehead atoms. The highest BCUT2D eigenvalue weighted by Gasteiger charge is 2.55. The Kier molecular flexibility index (Phi) is 7.79. The van der Waals surface area contributed by atoms with Gasteiger partial charge in [0.15, 0.2) is 0 Å². The van der Waals surface area contributed by atoms with Gasteiger partial charge in [-0.1, -0.05) is 30.3 Å². The fourth-order valence-corrected chi connectivity index (χ4v) is 4.96. The quantitative estimate of drug-likeness (QED) is 0.448. The largest absolute Gasteiger partial charge is 0.383 e. The van der Waals surface area contributed by atoms with Crippen LogP contribution in [0, 0.1) is 17.6 Å². The standard InChI is InChI=1S/C27H29F2N3O4/c1-36-17-16-32-25(34)27(30-26(32)35,18-19-6-9-22(28)10-7-19)21-12-14-31(15-13-21)24(33)11-8-20-4-2-3-5-23(20)29/h2-11,21H,12-18H2,1H3,(H,30,35)/b11-8+. The lowest BCUT2D eigenvalue weighted by molar-refractivity contribution is -0.135. The first-order valence-corrected chi connectivity index (χ1v) is 11.9. The van der Waals surface area contributed by atoms with Gasteiger partial charge in [0.2, 0.25) is 5.91 Å². The average Bonchev–Trinajstić information content (AvgIpc) is 3.12. The predicted molar refractivity (Wildman–Crippen MR) is 130 cm³/mol. The topological polar surface area (TPSA) is 79.0 Å². The number of rotatable bonds is 8. The average molecular weight is 498 g/mol. The number of carbonyl (C=O) groups excluding carboxylic acids is 3. The Morgan fingerprint density at radius 1 is 1.11 bits per heavy atom. The van der Waals surface area contributed by atoms with Crippen molar-refractivity contribution >= 4 is 23.9 Å². The number of ether oxygens (including phenoxy) is 1. The summed E-state index contributed by atoms with van der Waals surface area (Å²) in [6.45, 7) is 1.12. The smallest absolute Gasteiger partial charge is 0.325 e. The lowest BCUT2D eigenvalue weighted by Crippen LogP contribution is -2.58. The molecule has 2 aromatic rings. The van der Waals surface area contributed by atoms with Gasteiger partial charge in [-0.25, -0.2) is 13.6 Å². The number of carbonyl (C=O) groups is 3. The van der Waals surface area contributed by atoms with Gasteiger partial charge in [0, 0.05) is 38.3 Å². The SMILES string of the molecule is COCCN1C(=O)NC(Cc2ccc(F)cc2)(C2CCN(C(=O)/C=C/c3ccccc3F)CC2)C1=O. The number of imide groups is 1. The van der Waals surface area contributed by atoms with Crippen LogP contribution in [0.2, 0.25) is 0 Å². The summed E-state index contributed by atoms with van der Waals surface area (Å²) >= 11 is 0. The zero-order valence-corrected chi connectivity index (χ0v) is 20.1. The fourth-order valence-electron chi connectivity index (χ4n) is 4.96. The molecule has 0 spiro atoms. The van der Waals surface area contributed by atoms with Gasteiger partial charge >= 0.3 is 6.03 Å². The number of nitrogens with one attached hydrogen (secondary N) is 1. The van der Waals surface area contributed by atoms with E-state index in [1.54, 1.807) is 35.2 Å². The van der Waals surface area contributed by atoms with Crippen LogP contribution in [0.25, 0.3) is 6.08 Å². The Morgan fingerprint density at radius 3 is 2.47 bits per heavy atom. The normalized spacial score (nSPS) is 20.9. The molecule has 9 heteroatoms. The third-order valence-electron chi connectivity index (χ3n) is 6.93. The molecule has 2 aliphatic heterocycles. The number of urea groups is 1. The van der Waals surface area contributed by atoms with E-state index in [4.69, 9.17) is 4.74 Å². The monoisotopic (exact) mass is 497 g/mol. The molecule has 1 unspecified atom stereocenters. The van der Waals surface area contributed by atoms with E-state index >= 15 is 0 Å². The second kappa shape index (κ2) is 11.0. The summed E-state index contributed by atoms with van der Waals surface area (Å²) < 4.78 is 32.4. The van der Waals surface area contributed by atoms with Gasteiger partial charge < -0.3 is 15.0 Å². The van der Waals surface area contributed by atoms with Gasteiger partial charge in [0.05, 0.1) is 13.2 Å². The van der Waals surface area contributed by atoms with Crippen molar-refractivity contribution in [3.63, 3.8) is 0 Å². The van der Waals surface area contributed by atoms with Gasteiger partial charge in [-0.2, -0.15) is 0 Å². The lowest BCUT2D eigenvalue weighted by Gasteiger charge is -2.41. The van der Waals surface area contributed by atoms with Gasteiger partial charge in [0.1, 0.15) is 17.2 Å². The number of halogens is 2. The van der Waals surface area contributed by atoms with Crippen molar-refractivity contribution in [2.45, 2.75) is 24.8 Å². The molecular weight excluding hydrogens is 468 g/mol. The first-order valence-electron chi connectivity index (χ1n) is 11.9. The Labute approximate surface area is 208 Å². The maximum absolute atomic E-state index is 13.9. The van der Waals surface area contributed by atoms with Crippen LogP contribution in [0.3, 0.4) is 0 Å². The predicted octanol–water partition coefficient (Wildman–Crippen LogP) is 3.40. The van der Waals surface area contributed by atoms with E-state index in [2.05, 4.69) is 5.32 Å². The summed E-state index contributed by atoms with van der Waals surface area (Å²) in [5.74, 6) is -1.60. The molecule has 190 valence electrons. The zero-order chi connectivity index (χ0) is 25.7. The number of piperidine rings is 1. The molecule has 0 radical (unpaired) electrons. The molecule has 2 heterocycles. The van der Waals surface area contributed by atoms with Gasteiger partial charge in [-0.05, 0) is 48.6 Å². The van der Waals surface area contributed by atoms with Crippen LogP contribution in [-0.2, 0) is 20.7 Å². The highest BCUT2D eigenvalue weighted by Crippen LogP contribution is 2.36. The van der Waals surface area contributed by atoms with Crippen molar-refractivity contribution in [1.29, 1.82) is 0 Å². The van der Waals surface area contributed by atoms with E-state index in [9.17, 15) is 23.2 Å². The molecule has 1 N–H and O–H groups in total. The molecule has 36 heavy (non-hydrogen) atoms. The van der Waals surface area contributed by atoms with Crippen molar-refractivity contribution in [1.82, 2.24) is 15.1 Å². The number of nitrogens with zero attached hydrogens (tertiary/aromatic N) is 2. The molecule has 2 aromatic carbocycles. The molecule has 4 rings (SSSR count). The molecule has 2 fully saturated rings. The molecule has 0 aliphatic carbocycles. The first-order chi connectivity index (χ1) is 17.3. The number of likely N-dealkylation sites (tertiary alicyclic amines) is 1.